The van der Waals surface area contributed by atoms with E-state index in [0.29, 0.717) is 4.96 Å². The second kappa shape index (κ2) is 4.92. The van der Waals surface area contributed by atoms with E-state index in [1.165, 1.54) is 15.9 Å². The number of anilines is 1. The van der Waals surface area contributed by atoms with Crippen LogP contribution in [-0.2, 0) is 6.42 Å². The Morgan fingerprint density at radius 3 is 2.74 bits per heavy atom. The van der Waals surface area contributed by atoms with E-state index >= 15 is 0 Å². The average Bonchev–Trinajstić information content (AvgIpc) is 2.70. The molecule has 0 bridgehead atoms. The minimum atomic E-state index is -0.116. The average molecular weight is 280 g/mol. The van der Waals surface area contributed by atoms with Crippen LogP contribution in [0.1, 0.15) is 40.3 Å². The summed E-state index contributed by atoms with van der Waals surface area (Å²) in [6, 6.07) is 1.80. The number of hydrogen-bond donors (Lipinski definition) is 1. The van der Waals surface area contributed by atoms with Gasteiger partial charge in [0.1, 0.15) is 0 Å². The molecule has 2 heterocycles. The van der Waals surface area contributed by atoms with Crippen LogP contribution < -0.4 is 10.9 Å². The van der Waals surface area contributed by atoms with E-state index in [-0.39, 0.29) is 17.0 Å². The van der Waals surface area contributed by atoms with E-state index in [2.05, 4.69) is 43.1 Å². The fourth-order valence-electron chi connectivity index (χ4n) is 1.50. The summed E-state index contributed by atoms with van der Waals surface area (Å²) in [6.45, 7) is 10.6. The molecule has 0 fully saturated rings. The molecule has 19 heavy (non-hydrogen) atoms. The first-order valence-electron chi connectivity index (χ1n) is 6.47. The van der Waals surface area contributed by atoms with Crippen LogP contribution in [0.4, 0.5) is 5.13 Å². The van der Waals surface area contributed by atoms with Crippen LogP contribution in [0.25, 0.3) is 4.96 Å². The lowest BCUT2D eigenvalue weighted by molar-refractivity contribution is 0.359. The molecule has 0 saturated carbocycles. The molecule has 1 atom stereocenters. The van der Waals surface area contributed by atoms with E-state index in [9.17, 15) is 4.79 Å². The highest BCUT2D eigenvalue weighted by molar-refractivity contribution is 7.20. The Labute approximate surface area is 116 Å². The van der Waals surface area contributed by atoms with Gasteiger partial charge < -0.3 is 5.32 Å². The van der Waals surface area contributed by atoms with Crippen LogP contribution in [-0.4, -0.2) is 20.6 Å². The molecule has 0 spiro atoms. The highest BCUT2D eigenvalue weighted by Crippen LogP contribution is 2.25. The van der Waals surface area contributed by atoms with Crippen molar-refractivity contribution in [2.45, 2.75) is 47.1 Å². The number of rotatable bonds is 3. The van der Waals surface area contributed by atoms with Crippen molar-refractivity contribution in [2.75, 3.05) is 5.32 Å². The summed E-state index contributed by atoms with van der Waals surface area (Å²) in [6.07, 6.45) is 0.755. The van der Waals surface area contributed by atoms with Crippen molar-refractivity contribution in [2.24, 2.45) is 5.41 Å². The van der Waals surface area contributed by atoms with Gasteiger partial charge in [-0.15, -0.1) is 5.10 Å². The summed E-state index contributed by atoms with van der Waals surface area (Å²) in [5.74, 6) is 0. The first kappa shape index (κ1) is 14.0. The van der Waals surface area contributed by atoms with Crippen molar-refractivity contribution in [3.05, 3.63) is 22.1 Å². The van der Waals surface area contributed by atoms with Gasteiger partial charge in [-0.1, -0.05) is 39.0 Å². The van der Waals surface area contributed by atoms with Crippen LogP contribution in [0.3, 0.4) is 0 Å². The Morgan fingerprint density at radius 1 is 1.47 bits per heavy atom. The summed E-state index contributed by atoms with van der Waals surface area (Å²) >= 11 is 1.42. The number of aromatic nitrogens is 3. The van der Waals surface area contributed by atoms with Crippen molar-refractivity contribution in [3.8, 4) is 0 Å². The Kier molecular flexibility index (Phi) is 3.62. The third-order valence-electron chi connectivity index (χ3n) is 3.30. The zero-order chi connectivity index (χ0) is 14.2. The van der Waals surface area contributed by atoms with Crippen LogP contribution in [0.2, 0.25) is 0 Å². The topological polar surface area (TPSA) is 59.3 Å². The molecule has 5 nitrogen and oxygen atoms in total. The van der Waals surface area contributed by atoms with Crippen molar-refractivity contribution in [3.63, 3.8) is 0 Å². The van der Waals surface area contributed by atoms with E-state index in [1.54, 1.807) is 6.07 Å². The van der Waals surface area contributed by atoms with E-state index in [4.69, 9.17) is 0 Å². The van der Waals surface area contributed by atoms with Crippen molar-refractivity contribution in [1.29, 1.82) is 0 Å². The van der Waals surface area contributed by atoms with Gasteiger partial charge >= 0.3 is 0 Å². The standard InChI is InChI=1S/C13H20N4OS/c1-6-9-7-10(18)17-12(15-9)19-11(16-17)14-8(2)13(3,4)5/h7-8H,6H2,1-5H3,(H,14,16). The summed E-state index contributed by atoms with van der Waals surface area (Å²) < 4.78 is 1.36. The molecule has 2 rings (SSSR count). The number of hydrogen-bond acceptors (Lipinski definition) is 5. The molecule has 0 amide bonds. The van der Waals surface area contributed by atoms with Crippen LogP contribution in [0.5, 0.6) is 0 Å². The minimum absolute atomic E-state index is 0.116. The normalized spacial score (nSPS) is 13.7. The highest BCUT2D eigenvalue weighted by Gasteiger charge is 2.21. The quantitative estimate of drug-likeness (QED) is 0.938. The number of nitrogens with zero attached hydrogens (tertiary/aromatic N) is 3. The van der Waals surface area contributed by atoms with Crippen molar-refractivity contribution >= 4 is 21.4 Å². The van der Waals surface area contributed by atoms with Gasteiger partial charge in [-0.3, -0.25) is 4.79 Å². The lowest BCUT2D eigenvalue weighted by Gasteiger charge is -2.27. The van der Waals surface area contributed by atoms with Crippen LogP contribution in [0.15, 0.2) is 10.9 Å². The molecule has 0 aliphatic carbocycles. The maximum atomic E-state index is 11.9. The van der Waals surface area contributed by atoms with Gasteiger partial charge in [0.15, 0.2) is 0 Å². The largest absolute Gasteiger partial charge is 0.357 e. The molecule has 104 valence electrons. The molecule has 0 aliphatic rings. The monoisotopic (exact) mass is 280 g/mol. The Hall–Kier alpha value is -1.43. The fraction of sp³-hybridized carbons (Fsp3) is 0.615. The van der Waals surface area contributed by atoms with Gasteiger partial charge in [0.05, 0.1) is 0 Å². The van der Waals surface area contributed by atoms with Gasteiger partial charge in [-0.05, 0) is 18.8 Å². The Bertz CT molecular complexity index is 638. The predicted molar refractivity (Wildman–Crippen MR) is 79.1 cm³/mol. The van der Waals surface area contributed by atoms with Crippen molar-refractivity contribution < 1.29 is 0 Å². The first-order chi connectivity index (χ1) is 8.81. The highest BCUT2D eigenvalue weighted by atomic mass is 32.1. The minimum Gasteiger partial charge on any atom is -0.357 e. The molecule has 2 aromatic heterocycles. The lowest BCUT2D eigenvalue weighted by Crippen LogP contribution is -2.30. The number of aryl methyl sites for hydroxylation is 1. The maximum Gasteiger partial charge on any atom is 0.275 e. The van der Waals surface area contributed by atoms with Crippen molar-refractivity contribution in [1.82, 2.24) is 14.6 Å². The van der Waals surface area contributed by atoms with Gasteiger partial charge in [-0.2, -0.15) is 4.52 Å². The zero-order valence-corrected chi connectivity index (χ0v) is 12.8. The summed E-state index contributed by atoms with van der Waals surface area (Å²) in [5.41, 5.74) is 0.823. The molecule has 6 heteroatoms. The van der Waals surface area contributed by atoms with Crippen LogP contribution in [0, 0.1) is 5.41 Å². The fourth-order valence-corrected chi connectivity index (χ4v) is 2.41. The molecule has 1 unspecified atom stereocenters. The molecule has 0 aliphatic heterocycles. The molecule has 2 aromatic rings. The molecular formula is C13H20N4OS. The number of fused-ring (bicyclic) bond motifs is 1. The summed E-state index contributed by atoms with van der Waals surface area (Å²) in [7, 11) is 0. The number of nitrogens with one attached hydrogen (secondary N) is 1. The smallest absolute Gasteiger partial charge is 0.275 e. The van der Waals surface area contributed by atoms with E-state index in [1.807, 2.05) is 6.92 Å². The zero-order valence-electron chi connectivity index (χ0n) is 12.0. The molecule has 0 saturated heterocycles. The SMILES string of the molecule is CCc1cc(=O)n2nc(NC(C)C(C)(C)C)sc2n1. The third-order valence-corrected chi connectivity index (χ3v) is 4.14. The van der Waals surface area contributed by atoms with E-state index < -0.39 is 0 Å². The second-order valence-electron chi connectivity index (χ2n) is 5.77. The van der Waals surface area contributed by atoms with Gasteiger partial charge in [0.2, 0.25) is 10.1 Å². The lowest BCUT2D eigenvalue weighted by atomic mass is 9.88. The summed E-state index contributed by atoms with van der Waals surface area (Å²) in [4.78, 5) is 17.0. The molecular weight excluding hydrogens is 260 g/mol. The molecule has 0 radical (unpaired) electrons. The Balaban J connectivity index is 2.37. The third kappa shape index (κ3) is 2.94. The van der Waals surface area contributed by atoms with Gasteiger partial charge in [0.25, 0.3) is 5.56 Å². The first-order valence-corrected chi connectivity index (χ1v) is 7.29. The van der Waals surface area contributed by atoms with Gasteiger partial charge in [-0.25, -0.2) is 4.98 Å². The Morgan fingerprint density at radius 2 is 2.16 bits per heavy atom. The van der Waals surface area contributed by atoms with E-state index in [0.717, 1.165) is 17.2 Å². The second-order valence-corrected chi connectivity index (χ2v) is 6.73. The maximum absolute atomic E-state index is 11.9. The molecule has 0 aromatic carbocycles. The predicted octanol–water partition coefficient (Wildman–Crippen LogP) is 2.56. The summed E-state index contributed by atoms with van der Waals surface area (Å²) in [5, 5.41) is 8.37. The van der Waals surface area contributed by atoms with Gasteiger partial charge in [0, 0.05) is 17.8 Å². The molecule has 1 N–H and O–H groups in total. The van der Waals surface area contributed by atoms with Crippen LogP contribution >= 0.6 is 11.3 Å².